The third kappa shape index (κ3) is 4.18. The van der Waals surface area contributed by atoms with E-state index in [1.165, 1.54) is 6.07 Å². The Kier molecular flexibility index (Phi) is 5.31. The Bertz CT molecular complexity index is 418. The molecule has 0 fully saturated rings. The lowest BCUT2D eigenvalue weighted by molar-refractivity contribution is -0.140. The summed E-state index contributed by atoms with van der Waals surface area (Å²) in [6.45, 7) is 3.97. The minimum absolute atomic E-state index is 0.306. The second-order valence-corrected chi connectivity index (χ2v) is 4.71. The van der Waals surface area contributed by atoms with Gasteiger partial charge in [0.1, 0.15) is 5.82 Å². The van der Waals surface area contributed by atoms with Crippen LogP contribution in [0.3, 0.4) is 0 Å². The number of halogens is 4. The lowest BCUT2D eigenvalue weighted by Crippen LogP contribution is -2.29. The number of hydrogen-bond acceptors (Lipinski definition) is 2. The molecule has 0 aliphatic heterocycles. The molecule has 108 valence electrons. The van der Waals surface area contributed by atoms with E-state index in [4.69, 9.17) is 5.84 Å². The van der Waals surface area contributed by atoms with E-state index in [0.29, 0.717) is 17.9 Å². The van der Waals surface area contributed by atoms with Crippen LogP contribution in [0.15, 0.2) is 18.2 Å². The molecule has 0 amide bonds. The molecule has 0 spiro atoms. The van der Waals surface area contributed by atoms with Crippen LogP contribution in [0.2, 0.25) is 0 Å². The zero-order valence-corrected chi connectivity index (χ0v) is 10.9. The third-order valence-corrected chi connectivity index (χ3v) is 3.23. The Labute approximate surface area is 110 Å². The summed E-state index contributed by atoms with van der Waals surface area (Å²) >= 11 is 0. The average molecular weight is 278 g/mol. The second kappa shape index (κ2) is 6.34. The van der Waals surface area contributed by atoms with Crippen molar-refractivity contribution in [2.75, 3.05) is 0 Å². The summed E-state index contributed by atoms with van der Waals surface area (Å²) < 4.78 is 51.1. The fourth-order valence-corrected chi connectivity index (χ4v) is 1.85. The van der Waals surface area contributed by atoms with Crippen LogP contribution in [0.4, 0.5) is 17.6 Å². The van der Waals surface area contributed by atoms with Crippen LogP contribution in [0.5, 0.6) is 0 Å². The molecule has 0 saturated carbocycles. The van der Waals surface area contributed by atoms with E-state index < -0.39 is 23.6 Å². The van der Waals surface area contributed by atoms with E-state index in [2.05, 4.69) is 5.43 Å². The van der Waals surface area contributed by atoms with Crippen molar-refractivity contribution in [2.24, 2.45) is 11.8 Å². The third-order valence-electron chi connectivity index (χ3n) is 3.23. The van der Waals surface area contributed by atoms with Gasteiger partial charge in [0.25, 0.3) is 0 Å². The van der Waals surface area contributed by atoms with Crippen LogP contribution < -0.4 is 11.3 Å². The van der Waals surface area contributed by atoms with Crippen molar-refractivity contribution in [3.05, 3.63) is 35.1 Å². The minimum Gasteiger partial charge on any atom is -0.271 e. The van der Waals surface area contributed by atoms with Crippen LogP contribution in [-0.2, 0) is 6.18 Å². The summed E-state index contributed by atoms with van der Waals surface area (Å²) in [5, 5.41) is 0. The molecule has 0 aliphatic carbocycles. The van der Waals surface area contributed by atoms with Crippen LogP contribution in [-0.4, -0.2) is 0 Å². The SMILES string of the molecule is CCC(C)CC(NN)c1ccc(F)c(C(F)(F)F)c1. The molecule has 2 nitrogen and oxygen atoms in total. The molecule has 6 heteroatoms. The van der Waals surface area contributed by atoms with Gasteiger partial charge in [0.05, 0.1) is 5.56 Å². The molecular formula is C13H18F4N2. The standard InChI is InChI=1S/C13H18F4N2/c1-3-8(2)6-12(19-18)9-4-5-11(14)10(7-9)13(15,16)17/h4-5,7-8,12,19H,3,6,18H2,1-2H3. The fourth-order valence-electron chi connectivity index (χ4n) is 1.85. The Morgan fingerprint density at radius 1 is 1.32 bits per heavy atom. The normalized spacial score (nSPS) is 15.3. The Hall–Kier alpha value is -1.14. The maximum Gasteiger partial charge on any atom is 0.419 e. The highest BCUT2D eigenvalue weighted by Crippen LogP contribution is 2.34. The highest BCUT2D eigenvalue weighted by molar-refractivity contribution is 5.29. The van der Waals surface area contributed by atoms with Crippen LogP contribution >= 0.6 is 0 Å². The van der Waals surface area contributed by atoms with Gasteiger partial charge >= 0.3 is 6.18 Å². The van der Waals surface area contributed by atoms with Crippen LogP contribution in [0.1, 0.15) is 43.9 Å². The number of rotatable bonds is 5. The first-order chi connectivity index (χ1) is 8.79. The molecule has 3 N–H and O–H groups in total. The van der Waals surface area contributed by atoms with Crippen molar-refractivity contribution in [1.29, 1.82) is 0 Å². The molecule has 1 aromatic rings. The van der Waals surface area contributed by atoms with Gasteiger partial charge in [-0.15, -0.1) is 0 Å². The number of nitrogens with two attached hydrogens (primary N) is 1. The van der Waals surface area contributed by atoms with Crippen molar-refractivity contribution >= 4 is 0 Å². The van der Waals surface area contributed by atoms with E-state index >= 15 is 0 Å². The first kappa shape index (κ1) is 15.9. The molecule has 0 aliphatic rings. The predicted molar refractivity (Wildman–Crippen MR) is 65.5 cm³/mol. The fraction of sp³-hybridized carbons (Fsp3) is 0.538. The molecule has 1 aromatic carbocycles. The molecular weight excluding hydrogens is 260 g/mol. The number of hydrogen-bond donors (Lipinski definition) is 2. The largest absolute Gasteiger partial charge is 0.419 e. The smallest absolute Gasteiger partial charge is 0.271 e. The monoisotopic (exact) mass is 278 g/mol. The topological polar surface area (TPSA) is 38.0 Å². The Morgan fingerprint density at radius 2 is 1.95 bits per heavy atom. The highest BCUT2D eigenvalue weighted by atomic mass is 19.4. The van der Waals surface area contributed by atoms with E-state index in [-0.39, 0.29) is 0 Å². The molecule has 0 heterocycles. The van der Waals surface area contributed by atoms with Crippen molar-refractivity contribution in [3.8, 4) is 0 Å². The van der Waals surface area contributed by atoms with Crippen molar-refractivity contribution in [2.45, 2.75) is 38.9 Å². The van der Waals surface area contributed by atoms with Gasteiger partial charge in [0, 0.05) is 6.04 Å². The van der Waals surface area contributed by atoms with Crippen molar-refractivity contribution in [3.63, 3.8) is 0 Å². The van der Waals surface area contributed by atoms with Gasteiger partial charge in [-0.1, -0.05) is 26.3 Å². The van der Waals surface area contributed by atoms with Gasteiger partial charge in [0.15, 0.2) is 0 Å². The highest BCUT2D eigenvalue weighted by Gasteiger charge is 2.34. The molecule has 2 atom stereocenters. The molecule has 0 saturated heterocycles. The number of nitrogens with one attached hydrogen (secondary N) is 1. The lowest BCUT2D eigenvalue weighted by Gasteiger charge is -2.21. The summed E-state index contributed by atoms with van der Waals surface area (Å²) in [5.74, 6) is 4.42. The van der Waals surface area contributed by atoms with Crippen LogP contribution in [0, 0.1) is 11.7 Å². The summed E-state index contributed by atoms with van der Waals surface area (Å²) in [4.78, 5) is 0. The Balaban J connectivity index is 3.06. The van der Waals surface area contributed by atoms with Crippen molar-refractivity contribution in [1.82, 2.24) is 5.43 Å². The van der Waals surface area contributed by atoms with Gasteiger partial charge in [0.2, 0.25) is 0 Å². The predicted octanol–water partition coefficient (Wildman–Crippen LogP) is 3.79. The van der Waals surface area contributed by atoms with E-state index in [1.54, 1.807) is 0 Å². The summed E-state index contributed by atoms with van der Waals surface area (Å²) in [6, 6.07) is 2.57. The number of alkyl halides is 3. The maximum absolute atomic E-state index is 13.2. The lowest BCUT2D eigenvalue weighted by atomic mass is 9.93. The number of hydrazine groups is 1. The van der Waals surface area contributed by atoms with E-state index in [0.717, 1.165) is 18.6 Å². The molecule has 0 bridgehead atoms. The maximum atomic E-state index is 13.2. The summed E-state index contributed by atoms with van der Waals surface area (Å²) in [7, 11) is 0. The number of benzene rings is 1. The summed E-state index contributed by atoms with van der Waals surface area (Å²) in [5.41, 5.74) is 1.58. The zero-order valence-electron chi connectivity index (χ0n) is 10.9. The second-order valence-electron chi connectivity index (χ2n) is 4.71. The summed E-state index contributed by atoms with van der Waals surface area (Å²) in [6.07, 6.45) is -3.21. The van der Waals surface area contributed by atoms with E-state index in [1.807, 2.05) is 13.8 Å². The molecule has 2 unspecified atom stereocenters. The van der Waals surface area contributed by atoms with Gasteiger partial charge in [-0.2, -0.15) is 13.2 Å². The molecule has 0 aromatic heterocycles. The zero-order chi connectivity index (χ0) is 14.6. The van der Waals surface area contributed by atoms with Crippen LogP contribution in [0.25, 0.3) is 0 Å². The van der Waals surface area contributed by atoms with Gasteiger partial charge in [-0.05, 0) is 30.0 Å². The average Bonchev–Trinajstić information content (AvgIpc) is 2.35. The first-order valence-corrected chi connectivity index (χ1v) is 6.12. The first-order valence-electron chi connectivity index (χ1n) is 6.12. The molecule has 0 radical (unpaired) electrons. The van der Waals surface area contributed by atoms with Crippen molar-refractivity contribution < 1.29 is 17.6 Å². The van der Waals surface area contributed by atoms with E-state index in [9.17, 15) is 17.6 Å². The molecule has 1 rings (SSSR count). The minimum atomic E-state index is -4.70. The molecule has 19 heavy (non-hydrogen) atoms. The van der Waals surface area contributed by atoms with Gasteiger partial charge in [-0.25, -0.2) is 4.39 Å². The van der Waals surface area contributed by atoms with Gasteiger partial charge in [-0.3, -0.25) is 11.3 Å². The Morgan fingerprint density at radius 3 is 2.42 bits per heavy atom. The van der Waals surface area contributed by atoms with Gasteiger partial charge < -0.3 is 0 Å². The quantitative estimate of drug-likeness (QED) is 0.488.